The van der Waals surface area contributed by atoms with Crippen LogP contribution in [0.5, 0.6) is 5.75 Å². The molecule has 2 rings (SSSR count). The van der Waals surface area contributed by atoms with E-state index in [4.69, 9.17) is 21.6 Å². The zero-order valence-electron chi connectivity index (χ0n) is 10.3. The number of ether oxygens (including phenoxy) is 1. The van der Waals surface area contributed by atoms with Crippen LogP contribution in [-0.4, -0.2) is 17.0 Å². The van der Waals surface area contributed by atoms with Crippen LogP contribution in [0, 0.1) is 11.3 Å². The molecule has 1 heterocycles. The molecule has 5 heteroatoms. The average Bonchev–Trinajstić information content (AvgIpc) is 2.83. The van der Waals surface area contributed by atoms with Gasteiger partial charge in [-0.2, -0.15) is 5.26 Å². The number of hydrogen-bond acceptors (Lipinski definition) is 3. The molecule has 0 N–H and O–H groups in total. The van der Waals surface area contributed by atoms with E-state index in [9.17, 15) is 4.79 Å². The largest absolute Gasteiger partial charge is 0.484 e. The molecular weight excluding hydrogens is 264 g/mol. The SMILES string of the molecule is Cn1ccc(C(=O)COc2ccc(C#N)cc2Cl)c1. The third kappa shape index (κ3) is 3.15. The fourth-order valence-electron chi connectivity index (χ4n) is 1.58. The summed E-state index contributed by atoms with van der Waals surface area (Å²) < 4.78 is 7.16. The maximum absolute atomic E-state index is 11.8. The predicted molar refractivity (Wildman–Crippen MR) is 71.4 cm³/mol. The van der Waals surface area contributed by atoms with Gasteiger partial charge in [0.25, 0.3) is 0 Å². The number of aromatic nitrogens is 1. The predicted octanol–water partition coefficient (Wildman–Crippen LogP) is 2.81. The van der Waals surface area contributed by atoms with E-state index in [0.717, 1.165) is 0 Å². The number of halogens is 1. The smallest absolute Gasteiger partial charge is 0.201 e. The van der Waals surface area contributed by atoms with Gasteiger partial charge in [0, 0.05) is 25.0 Å². The molecule has 0 saturated heterocycles. The molecular formula is C14H11ClN2O2. The first kappa shape index (κ1) is 13.2. The monoisotopic (exact) mass is 274 g/mol. The normalized spacial score (nSPS) is 9.95. The summed E-state index contributed by atoms with van der Waals surface area (Å²) in [6.45, 7) is -0.0877. The molecule has 1 aromatic carbocycles. The Morgan fingerprint density at radius 2 is 2.26 bits per heavy atom. The van der Waals surface area contributed by atoms with Crippen molar-refractivity contribution in [1.82, 2.24) is 4.57 Å². The molecule has 0 atom stereocenters. The van der Waals surface area contributed by atoms with E-state index in [1.165, 1.54) is 6.07 Å². The van der Waals surface area contributed by atoms with Gasteiger partial charge >= 0.3 is 0 Å². The molecule has 0 spiro atoms. The number of hydrogen-bond donors (Lipinski definition) is 0. The highest BCUT2D eigenvalue weighted by molar-refractivity contribution is 6.32. The van der Waals surface area contributed by atoms with Gasteiger partial charge in [0.2, 0.25) is 5.78 Å². The molecule has 0 fully saturated rings. The Labute approximate surface area is 115 Å². The van der Waals surface area contributed by atoms with Gasteiger partial charge in [-0.15, -0.1) is 0 Å². The highest BCUT2D eigenvalue weighted by Gasteiger charge is 2.10. The molecule has 19 heavy (non-hydrogen) atoms. The summed E-state index contributed by atoms with van der Waals surface area (Å²) in [6.07, 6.45) is 3.52. The Balaban J connectivity index is 2.03. The first-order valence-corrected chi connectivity index (χ1v) is 5.95. The second-order valence-corrected chi connectivity index (χ2v) is 4.44. The Hall–Kier alpha value is -2.25. The minimum atomic E-state index is -0.124. The Morgan fingerprint density at radius 3 is 2.84 bits per heavy atom. The van der Waals surface area contributed by atoms with Gasteiger partial charge in [0.1, 0.15) is 5.75 Å². The van der Waals surface area contributed by atoms with Crippen LogP contribution >= 0.6 is 11.6 Å². The van der Waals surface area contributed by atoms with Gasteiger partial charge in [-0.25, -0.2) is 0 Å². The van der Waals surface area contributed by atoms with Crippen molar-refractivity contribution in [3.8, 4) is 11.8 Å². The molecule has 0 aliphatic rings. The molecule has 1 aromatic heterocycles. The minimum absolute atomic E-state index is 0.0877. The molecule has 96 valence electrons. The summed E-state index contributed by atoms with van der Waals surface area (Å²) in [5.41, 5.74) is 1.04. The van der Waals surface area contributed by atoms with Crippen LogP contribution in [0.15, 0.2) is 36.7 Å². The number of Topliss-reactive ketones (excluding diaryl/α,β-unsaturated/α-hetero) is 1. The number of benzene rings is 1. The van der Waals surface area contributed by atoms with Gasteiger partial charge in [-0.1, -0.05) is 11.6 Å². The van der Waals surface area contributed by atoms with Crippen molar-refractivity contribution in [2.24, 2.45) is 7.05 Å². The first-order chi connectivity index (χ1) is 9.10. The van der Waals surface area contributed by atoms with Crippen molar-refractivity contribution in [3.63, 3.8) is 0 Å². The summed E-state index contributed by atoms with van der Waals surface area (Å²) in [6, 6.07) is 8.38. The molecule has 0 bridgehead atoms. The van der Waals surface area contributed by atoms with Crippen LogP contribution in [0.25, 0.3) is 0 Å². The number of carbonyl (C=O) groups excluding carboxylic acids is 1. The summed E-state index contributed by atoms with van der Waals surface area (Å²) in [5, 5.41) is 9.04. The van der Waals surface area contributed by atoms with Crippen molar-refractivity contribution in [1.29, 1.82) is 5.26 Å². The van der Waals surface area contributed by atoms with Crippen LogP contribution in [-0.2, 0) is 7.05 Å². The average molecular weight is 275 g/mol. The third-order valence-corrected chi connectivity index (χ3v) is 2.87. The van der Waals surface area contributed by atoms with Gasteiger partial charge in [0.15, 0.2) is 6.61 Å². The second kappa shape index (κ2) is 5.59. The van der Waals surface area contributed by atoms with E-state index >= 15 is 0 Å². The molecule has 2 aromatic rings. The lowest BCUT2D eigenvalue weighted by Crippen LogP contribution is -2.11. The van der Waals surface area contributed by atoms with E-state index in [2.05, 4.69) is 0 Å². The standard InChI is InChI=1S/C14H11ClN2O2/c1-17-5-4-11(8-17)13(18)9-19-14-3-2-10(7-16)6-12(14)15/h2-6,8H,9H2,1H3. The van der Waals surface area contributed by atoms with Crippen molar-refractivity contribution in [3.05, 3.63) is 52.8 Å². The zero-order valence-corrected chi connectivity index (χ0v) is 11.0. The number of nitriles is 1. The lowest BCUT2D eigenvalue weighted by molar-refractivity contribution is 0.0921. The number of nitrogens with zero attached hydrogens (tertiary/aromatic N) is 2. The van der Waals surface area contributed by atoms with E-state index in [1.807, 2.05) is 13.1 Å². The number of rotatable bonds is 4. The third-order valence-electron chi connectivity index (χ3n) is 2.57. The second-order valence-electron chi connectivity index (χ2n) is 4.03. The van der Waals surface area contributed by atoms with Crippen LogP contribution in [0.2, 0.25) is 5.02 Å². The highest BCUT2D eigenvalue weighted by Crippen LogP contribution is 2.25. The highest BCUT2D eigenvalue weighted by atomic mass is 35.5. The van der Waals surface area contributed by atoms with Crippen molar-refractivity contribution >= 4 is 17.4 Å². The van der Waals surface area contributed by atoms with Gasteiger partial charge in [0.05, 0.1) is 16.7 Å². The van der Waals surface area contributed by atoms with Crippen LogP contribution in [0.3, 0.4) is 0 Å². The summed E-state index contributed by atoms with van der Waals surface area (Å²) in [7, 11) is 1.84. The van der Waals surface area contributed by atoms with E-state index in [1.54, 1.807) is 35.2 Å². The topological polar surface area (TPSA) is 55.0 Å². The molecule has 0 radical (unpaired) electrons. The molecule has 0 amide bonds. The lowest BCUT2D eigenvalue weighted by atomic mass is 10.2. The number of ketones is 1. The van der Waals surface area contributed by atoms with Gasteiger partial charge in [-0.05, 0) is 24.3 Å². The lowest BCUT2D eigenvalue weighted by Gasteiger charge is -2.06. The van der Waals surface area contributed by atoms with Crippen LogP contribution < -0.4 is 4.74 Å². The van der Waals surface area contributed by atoms with E-state index in [-0.39, 0.29) is 12.4 Å². The quantitative estimate of drug-likeness (QED) is 0.806. The van der Waals surface area contributed by atoms with Gasteiger partial charge in [-0.3, -0.25) is 4.79 Å². The molecule has 0 unspecified atom stereocenters. The van der Waals surface area contributed by atoms with Gasteiger partial charge < -0.3 is 9.30 Å². The summed E-state index contributed by atoms with van der Waals surface area (Å²) in [4.78, 5) is 11.8. The van der Waals surface area contributed by atoms with Crippen LogP contribution in [0.1, 0.15) is 15.9 Å². The fraction of sp³-hybridized carbons (Fsp3) is 0.143. The first-order valence-electron chi connectivity index (χ1n) is 5.58. The fourth-order valence-corrected chi connectivity index (χ4v) is 1.82. The van der Waals surface area contributed by atoms with Crippen LogP contribution in [0.4, 0.5) is 0 Å². The maximum atomic E-state index is 11.8. The summed E-state index contributed by atoms with van der Waals surface area (Å²) in [5.74, 6) is 0.269. The van der Waals surface area contributed by atoms with Crippen molar-refractivity contribution < 1.29 is 9.53 Å². The minimum Gasteiger partial charge on any atom is -0.484 e. The zero-order chi connectivity index (χ0) is 13.8. The summed E-state index contributed by atoms with van der Waals surface area (Å²) >= 11 is 5.95. The molecule has 0 aliphatic carbocycles. The Bertz CT molecular complexity index is 656. The molecule has 0 saturated carbocycles. The number of aryl methyl sites for hydroxylation is 1. The van der Waals surface area contributed by atoms with E-state index < -0.39 is 0 Å². The Kier molecular flexibility index (Phi) is 3.88. The maximum Gasteiger partial charge on any atom is 0.201 e. The van der Waals surface area contributed by atoms with Crippen molar-refractivity contribution in [2.45, 2.75) is 0 Å². The molecule has 0 aliphatic heterocycles. The van der Waals surface area contributed by atoms with E-state index in [0.29, 0.717) is 21.9 Å². The Morgan fingerprint density at radius 1 is 1.47 bits per heavy atom. The molecule has 4 nitrogen and oxygen atoms in total. The van der Waals surface area contributed by atoms with Crippen molar-refractivity contribution in [2.75, 3.05) is 6.61 Å². The number of carbonyl (C=O) groups is 1.